The van der Waals surface area contributed by atoms with E-state index in [4.69, 9.17) is 11.6 Å². The minimum Gasteiger partial charge on any atom is -0.391 e. The van der Waals surface area contributed by atoms with Crippen LogP contribution in [0.4, 0.5) is 0 Å². The van der Waals surface area contributed by atoms with E-state index in [-0.39, 0.29) is 5.91 Å². The summed E-state index contributed by atoms with van der Waals surface area (Å²) < 4.78 is 0. The van der Waals surface area contributed by atoms with Gasteiger partial charge in [0, 0.05) is 25.9 Å². The highest BCUT2D eigenvalue weighted by Gasteiger charge is 2.20. The topological polar surface area (TPSA) is 52.6 Å². The van der Waals surface area contributed by atoms with Crippen LogP contribution < -0.4 is 5.32 Å². The molecular weight excluding hydrogens is 228 g/mol. The minimum absolute atomic E-state index is 0.0417. The smallest absolute Gasteiger partial charge is 0.216 e. The predicted molar refractivity (Wildman–Crippen MR) is 64.6 cm³/mol. The third-order valence-electron chi connectivity index (χ3n) is 2.99. The fraction of sp³-hybridized carbons (Fsp3) is 0.909. The first-order valence-electron chi connectivity index (χ1n) is 5.82. The van der Waals surface area contributed by atoms with Crippen molar-refractivity contribution in [1.29, 1.82) is 0 Å². The lowest BCUT2D eigenvalue weighted by Gasteiger charge is -2.32. The van der Waals surface area contributed by atoms with Gasteiger partial charge in [0.25, 0.3) is 0 Å². The van der Waals surface area contributed by atoms with E-state index in [0.717, 1.165) is 32.5 Å². The van der Waals surface area contributed by atoms with Gasteiger partial charge in [-0.05, 0) is 31.8 Å². The number of carbonyl (C=O) groups is 1. The molecule has 1 heterocycles. The minimum atomic E-state index is -0.423. The van der Waals surface area contributed by atoms with Crippen LogP contribution in [-0.4, -0.2) is 54.1 Å². The van der Waals surface area contributed by atoms with Gasteiger partial charge < -0.3 is 15.3 Å². The lowest BCUT2D eigenvalue weighted by molar-refractivity contribution is -0.119. The monoisotopic (exact) mass is 248 g/mol. The zero-order valence-electron chi connectivity index (χ0n) is 9.79. The number of piperidine rings is 1. The summed E-state index contributed by atoms with van der Waals surface area (Å²) >= 11 is 5.56. The molecule has 4 nitrogen and oxygen atoms in total. The molecule has 0 aromatic rings. The van der Waals surface area contributed by atoms with Crippen molar-refractivity contribution in [3.8, 4) is 0 Å². The summed E-state index contributed by atoms with van der Waals surface area (Å²) in [6.45, 7) is 4.96. The van der Waals surface area contributed by atoms with Crippen LogP contribution in [0.5, 0.6) is 0 Å². The lowest BCUT2D eigenvalue weighted by atomic mass is 9.96. The number of alkyl halides is 1. The quantitative estimate of drug-likeness (QED) is 0.694. The molecule has 0 bridgehead atoms. The van der Waals surface area contributed by atoms with Crippen molar-refractivity contribution in [2.45, 2.75) is 25.9 Å². The summed E-state index contributed by atoms with van der Waals surface area (Å²) in [5.74, 6) is 0.916. The number of aliphatic hydroxyl groups is 1. The van der Waals surface area contributed by atoms with E-state index in [0.29, 0.717) is 18.3 Å². The Morgan fingerprint density at radius 1 is 1.56 bits per heavy atom. The average molecular weight is 249 g/mol. The summed E-state index contributed by atoms with van der Waals surface area (Å²) in [6.07, 6.45) is 1.73. The van der Waals surface area contributed by atoms with E-state index in [1.54, 1.807) is 6.92 Å². The van der Waals surface area contributed by atoms with E-state index in [1.807, 2.05) is 0 Å². The Hall–Kier alpha value is -0.320. The van der Waals surface area contributed by atoms with E-state index in [1.165, 1.54) is 0 Å². The molecule has 16 heavy (non-hydrogen) atoms. The van der Waals surface area contributed by atoms with Crippen LogP contribution in [0.2, 0.25) is 0 Å². The summed E-state index contributed by atoms with van der Waals surface area (Å²) in [4.78, 5) is 13.0. The molecule has 0 radical (unpaired) electrons. The highest BCUT2D eigenvalue weighted by molar-refractivity contribution is 6.18. The van der Waals surface area contributed by atoms with Gasteiger partial charge in [0.05, 0.1) is 6.10 Å². The third kappa shape index (κ3) is 5.14. The highest BCUT2D eigenvalue weighted by atomic mass is 35.5. The molecule has 1 aliphatic heterocycles. The average Bonchev–Trinajstić information content (AvgIpc) is 2.28. The number of hydrogen-bond donors (Lipinski definition) is 2. The first-order valence-corrected chi connectivity index (χ1v) is 6.36. The van der Waals surface area contributed by atoms with Crippen LogP contribution in [0.1, 0.15) is 19.8 Å². The van der Waals surface area contributed by atoms with Gasteiger partial charge in [0.1, 0.15) is 0 Å². The number of amides is 1. The fourth-order valence-corrected chi connectivity index (χ4v) is 2.11. The van der Waals surface area contributed by atoms with Gasteiger partial charge in [0.2, 0.25) is 5.91 Å². The van der Waals surface area contributed by atoms with Crippen LogP contribution in [0, 0.1) is 5.92 Å². The Bertz CT molecular complexity index is 218. The number of likely N-dealkylation sites (tertiary alicyclic amines) is 1. The zero-order chi connectivity index (χ0) is 12.0. The van der Waals surface area contributed by atoms with Crippen LogP contribution in [0.15, 0.2) is 0 Å². The van der Waals surface area contributed by atoms with Crippen LogP contribution in [0.25, 0.3) is 0 Å². The van der Waals surface area contributed by atoms with Crippen molar-refractivity contribution in [1.82, 2.24) is 10.2 Å². The van der Waals surface area contributed by atoms with E-state index in [9.17, 15) is 9.90 Å². The van der Waals surface area contributed by atoms with Crippen molar-refractivity contribution in [3.63, 3.8) is 0 Å². The SMILES string of the molecule is CC(=O)NCC1CCN(CC(O)CCl)CC1. The van der Waals surface area contributed by atoms with Gasteiger partial charge in [-0.15, -0.1) is 11.6 Å². The molecule has 1 fully saturated rings. The number of aliphatic hydroxyl groups excluding tert-OH is 1. The number of nitrogens with one attached hydrogen (secondary N) is 1. The largest absolute Gasteiger partial charge is 0.391 e. The van der Waals surface area contributed by atoms with Crippen LogP contribution in [0.3, 0.4) is 0 Å². The molecule has 0 saturated carbocycles. The second-order valence-electron chi connectivity index (χ2n) is 4.49. The molecule has 1 aliphatic rings. The maximum atomic E-state index is 10.8. The fourth-order valence-electron chi connectivity index (χ4n) is 2.01. The van der Waals surface area contributed by atoms with Crippen molar-refractivity contribution in [2.24, 2.45) is 5.92 Å². The molecule has 94 valence electrons. The number of carbonyl (C=O) groups excluding carboxylic acids is 1. The Morgan fingerprint density at radius 2 is 2.19 bits per heavy atom. The Labute approximate surface area is 102 Å². The first kappa shape index (κ1) is 13.7. The summed E-state index contributed by atoms with van der Waals surface area (Å²) in [5.41, 5.74) is 0. The van der Waals surface area contributed by atoms with Crippen LogP contribution >= 0.6 is 11.6 Å². The molecule has 0 aromatic carbocycles. The molecule has 1 amide bonds. The lowest BCUT2D eigenvalue weighted by Crippen LogP contribution is -2.41. The second kappa shape index (κ2) is 7.09. The molecule has 5 heteroatoms. The Kier molecular flexibility index (Phi) is 6.09. The van der Waals surface area contributed by atoms with Crippen molar-refractivity contribution in [3.05, 3.63) is 0 Å². The number of halogens is 1. The summed E-state index contributed by atoms with van der Waals surface area (Å²) in [5, 5.41) is 12.3. The molecule has 1 atom stereocenters. The predicted octanol–water partition coefficient (Wildman–Crippen LogP) is 0.434. The molecule has 1 unspecified atom stereocenters. The van der Waals surface area contributed by atoms with E-state index in [2.05, 4.69) is 10.2 Å². The number of β-amino-alcohol motifs (C(OH)–C–C–N with tert-alkyl or cyclic N) is 1. The molecule has 1 rings (SSSR count). The number of nitrogens with zero attached hydrogens (tertiary/aromatic N) is 1. The van der Waals surface area contributed by atoms with Gasteiger partial charge in [0.15, 0.2) is 0 Å². The molecule has 0 aliphatic carbocycles. The molecule has 2 N–H and O–H groups in total. The molecule has 1 saturated heterocycles. The maximum Gasteiger partial charge on any atom is 0.216 e. The highest BCUT2D eigenvalue weighted by Crippen LogP contribution is 2.16. The van der Waals surface area contributed by atoms with Crippen LogP contribution in [-0.2, 0) is 4.79 Å². The van der Waals surface area contributed by atoms with E-state index >= 15 is 0 Å². The van der Waals surface area contributed by atoms with Gasteiger partial charge in [-0.1, -0.05) is 0 Å². The Balaban J connectivity index is 2.15. The maximum absolute atomic E-state index is 10.8. The van der Waals surface area contributed by atoms with Gasteiger partial charge >= 0.3 is 0 Å². The van der Waals surface area contributed by atoms with Crippen molar-refractivity contribution >= 4 is 17.5 Å². The standard InChI is InChI=1S/C11H21ClN2O2/c1-9(15)13-7-10-2-4-14(5-3-10)8-11(16)6-12/h10-11,16H,2-8H2,1H3,(H,13,15). The molecular formula is C11H21ClN2O2. The van der Waals surface area contributed by atoms with E-state index < -0.39 is 6.10 Å². The van der Waals surface area contributed by atoms with Crippen molar-refractivity contribution in [2.75, 3.05) is 32.1 Å². The van der Waals surface area contributed by atoms with Gasteiger partial charge in [-0.2, -0.15) is 0 Å². The van der Waals surface area contributed by atoms with Gasteiger partial charge in [-0.3, -0.25) is 4.79 Å². The number of rotatable bonds is 5. The number of hydrogen-bond acceptors (Lipinski definition) is 3. The second-order valence-corrected chi connectivity index (χ2v) is 4.80. The summed E-state index contributed by atoms with van der Waals surface area (Å²) in [7, 11) is 0. The Morgan fingerprint density at radius 3 is 2.69 bits per heavy atom. The third-order valence-corrected chi connectivity index (χ3v) is 3.35. The molecule has 0 spiro atoms. The molecule has 0 aromatic heterocycles. The zero-order valence-corrected chi connectivity index (χ0v) is 10.5. The van der Waals surface area contributed by atoms with Gasteiger partial charge in [-0.25, -0.2) is 0 Å². The first-order chi connectivity index (χ1) is 7.61. The normalized spacial score (nSPS) is 20.7. The van der Waals surface area contributed by atoms with Crippen molar-refractivity contribution < 1.29 is 9.90 Å². The summed E-state index contributed by atoms with van der Waals surface area (Å²) in [6, 6.07) is 0.